The SMILES string of the molecule is C[C@@H]1C[C@H](CS(=O)(=O)c2ccccc2)O[C@H]2[C@H]1[C@@]1(C)CC[C@@]34C[C@@]35CC[C@H](O[C@H]3CN(C(=O)CC6CC6)CCO3)C(C)(C)[C@@H]5CC[C@H]4[C@]1(C)[C@H]2O. The topological polar surface area (TPSA) is 102 Å². The summed E-state index contributed by atoms with van der Waals surface area (Å²) >= 11 is 0. The van der Waals surface area contributed by atoms with E-state index < -0.39 is 22.0 Å². The zero-order valence-electron chi connectivity index (χ0n) is 31.5. The van der Waals surface area contributed by atoms with Gasteiger partial charge in [0.25, 0.3) is 0 Å². The molecule has 1 aromatic rings. The van der Waals surface area contributed by atoms with Gasteiger partial charge in [0, 0.05) is 18.4 Å². The molecule has 1 N–H and O–H groups in total. The molecule has 8 fully saturated rings. The summed E-state index contributed by atoms with van der Waals surface area (Å²) in [5, 5.41) is 12.6. The zero-order chi connectivity index (χ0) is 35.8. The fraction of sp³-hybridized carbons (Fsp3) is 0.833. The van der Waals surface area contributed by atoms with Crippen LogP contribution in [-0.2, 0) is 28.8 Å². The van der Waals surface area contributed by atoms with E-state index in [4.69, 9.17) is 14.2 Å². The number of nitrogens with zero attached hydrogens (tertiary/aromatic N) is 1. The lowest BCUT2D eigenvalue weighted by molar-refractivity contribution is -0.248. The van der Waals surface area contributed by atoms with Crippen molar-refractivity contribution < 1.29 is 32.5 Å². The molecule has 282 valence electrons. The average molecular weight is 724 g/mol. The number of hydrogen-bond acceptors (Lipinski definition) is 7. The second kappa shape index (κ2) is 11.7. The summed E-state index contributed by atoms with van der Waals surface area (Å²) in [6, 6.07) is 8.72. The first-order valence-electron chi connectivity index (χ1n) is 20.3. The number of carbonyl (C=O) groups excluding carboxylic acids is 1. The molecule has 0 radical (unpaired) electrons. The Morgan fingerprint density at radius 2 is 1.71 bits per heavy atom. The molecule has 2 heterocycles. The molecule has 9 rings (SSSR count). The molecule has 9 heteroatoms. The van der Waals surface area contributed by atoms with Crippen LogP contribution < -0.4 is 0 Å². The Morgan fingerprint density at radius 3 is 2.45 bits per heavy atom. The number of sulfone groups is 1. The number of amides is 1. The van der Waals surface area contributed by atoms with Gasteiger partial charge in [-0.3, -0.25) is 4.79 Å². The maximum absolute atomic E-state index is 13.4. The lowest BCUT2D eigenvalue weighted by Gasteiger charge is -2.64. The van der Waals surface area contributed by atoms with Crippen LogP contribution in [-0.4, -0.2) is 80.5 Å². The maximum Gasteiger partial charge on any atom is 0.223 e. The largest absolute Gasteiger partial charge is 0.390 e. The molecule has 13 atom stereocenters. The molecule has 0 bridgehead atoms. The molecule has 0 unspecified atom stereocenters. The number of morpholine rings is 1. The lowest BCUT2D eigenvalue weighted by atomic mass is 9.41. The first-order valence-corrected chi connectivity index (χ1v) is 22.0. The maximum atomic E-state index is 13.4. The van der Waals surface area contributed by atoms with Crippen LogP contribution in [0.1, 0.15) is 105 Å². The molecule has 2 spiro atoms. The van der Waals surface area contributed by atoms with Crippen molar-refractivity contribution in [1.82, 2.24) is 4.90 Å². The van der Waals surface area contributed by atoms with E-state index in [9.17, 15) is 18.3 Å². The molecule has 2 saturated heterocycles. The van der Waals surface area contributed by atoms with Crippen molar-refractivity contribution in [2.24, 2.45) is 56.7 Å². The summed E-state index contributed by atoms with van der Waals surface area (Å²) in [5.74, 6) is 2.26. The van der Waals surface area contributed by atoms with Crippen LogP contribution in [0, 0.1) is 56.7 Å². The van der Waals surface area contributed by atoms with Gasteiger partial charge in [-0.1, -0.05) is 52.8 Å². The Labute approximate surface area is 305 Å². The summed E-state index contributed by atoms with van der Waals surface area (Å²) in [4.78, 5) is 15.2. The average Bonchev–Trinajstić information content (AvgIpc) is 4.02. The van der Waals surface area contributed by atoms with Crippen LogP contribution in [0.3, 0.4) is 0 Å². The summed E-state index contributed by atoms with van der Waals surface area (Å²) in [6.07, 6.45) is 10.1. The number of carbonyl (C=O) groups is 1. The number of hydrogen-bond donors (Lipinski definition) is 1. The highest BCUT2D eigenvalue weighted by Crippen LogP contribution is 2.89. The molecular weight excluding hydrogens is 663 g/mol. The van der Waals surface area contributed by atoms with Crippen LogP contribution in [0.15, 0.2) is 35.2 Å². The third-order valence-corrected chi connectivity index (χ3v) is 19.0. The molecule has 2 aliphatic heterocycles. The van der Waals surface area contributed by atoms with Gasteiger partial charge in [0.05, 0.1) is 48.2 Å². The van der Waals surface area contributed by atoms with Crippen LogP contribution in [0.2, 0.25) is 0 Å². The molecule has 51 heavy (non-hydrogen) atoms. The van der Waals surface area contributed by atoms with Crippen LogP contribution in [0.25, 0.3) is 0 Å². The number of rotatable bonds is 7. The standard InChI is InChI=1S/C42H61NO7S/c1-26-21-28(24-51(46,47)29-9-7-6-8-10-29)49-36-35(26)39(4)17-18-42-25-41(42)16-15-32(38(2,3)30(41)13-14-31(42)40(39,5)37(36)45)50-34-23-43(19-20-48-34)33(44)22-27-11-12-27/h6-10,26-28,30-32,34-37,45H,11-25H2,1-5H3/t26-,28-,30+,31+,32+,34+,35+,36+,37+,39-,40-,41-,42+/m1/s1. The van der Waals surface area contributed by atoms with Crippen molar-refractivity contribution in [3.8, 4) is 0 Å². The normalized spacial score (nSPS) is 48.4. The van der Waals surface area contributed by atoms with Crippen LogP contribution in [0.5, 0.6) is 0 Å². The van der Waals surface area contributed by atoms with Crippen molar-refractivity contribution in [3.05, 3.63) is 30.3 Å². The highest BCUT2D eigenvalue weighted by Gasteiger charge is 2.84. The summed E-state index contributed by atoms with van der Waals surface area (Å²) in [7, 11) is -3.50. The number of aliphatic hydroxyl groups excluding tert-OH is 1. The van der Waals surface area contributed by atoms with Crippen molar-refractivity contribution in [1.29, 1.82) is 0 Å². The van der Waals surface area contributed by atoms with E-state index in [0.717, 1.165) is 32.1 Å². The lowest BCUT2D eigenvalue weighted by Crippen LogP contribution is -2.60. The Morgan fingerprint density at radius 1 is 0.980 bits per heavy atom. The Bertz CT molecular complexity index is 1650. The smallest absolute Gasteiger partial charge is 0.223 e. The molecule has 8 nitrogen and oxygen atoms in total. The molecule has 0 aromatic heterocycles. The van der Waals surface area contributed by atoms with E-state index in [0.29, 0.717) is 55.2 Å². The highest BCUT2D eigenvalue weighted by molar-refractivity contribution is 7.91. The Hall–Kier alpha value is -1.52. The minimum Gasteiger partial charge on any atom is -0.390 e. The quantitative estimate of drug-likeness (QED) is 0.337. The summed E-state index contributed by atoms with van der Waals surface area (Å²) in [6.45, 7) is 13.7. The monoisotopic (exact) mass is 723 g/mol. The van der Waals surface area contributed by atoms with E-state index in [1.807, 2.05) is 11.0 Å². The fourth-order valence-corrected chi connectivity index (χ4v) is 16.0. The number of fused-ring (bicyclic) bond motifs is 4. The van der Waals surface area contributed by atoms with Gasteiger partial charge in [-0.05, 0) is 128 Å². The summed E-state index contributed by atoms with van der Waals surface area (Å²) in [5.41, 5.74) is 0.127. The van der Waals surface area contributed by atoms with Gasteiger partial charge in [0.15, 0.2) is 16.1 Å². The van der Waals surface area contributed by atoms with Gasteiger partial charge in [0.2, 0.25) is 5.91 Å². The molecule has 1 aromatic carbocycles. The van der Waals surface area contributed by atoms with Gasteiger partial charge in [-0.25, -0.2) is 8.42 Å². The zero-order valence-corrected chi connectivity index (χ0v) is 32.3. The second-order valence-corrected chi connectivity index (χ2v) is 21.7. The molecule has 6 aliphatic carbocycles. The highest BCUT2D eigenvalue weighted by atomic mass is 32.2. The van der Waals surface area contributed by atoms with Gasteiger partial charge in [-0.15, -0.1) is 0 Å². The predicted octanol–water partition coefficient (Wildman–Crippen LogP) is 6.64. The van der Waals surface area contributed by atoms with E-state index in [-0.39, 0.29) is 69.1 Å². The molecular formula is C42H61NO7S. The van der Waals surface area contributed by atoms with Crippen molar-refractivity contribution in [2.45, 2.75) is 141 Å². The molecule has 8 aliphatic rings. The fourth-order valence-electron chi connectivity index (χ4n) is 14.5. The van der Waals surface area contributed by atoms with E-state index >= 15 is 0 Å². The predicted molar refractivity (Wildman–Crippen MR) is 193 cm³/mol. The number of ether oxygens (including phenoxy) is 3. The van der Waals surface area contributed by atoms with Crippen molar-refractivity contribution >= 4 is 15.7 Å². The number of benzene rings is 1. The van der Waals surface area contributed by atoms with E-state index in [1.54, 1.807) is 24.3 Å². The van der Waals surface area contributed by atoms with Gasteiger partial charge in [0.1, 0.15) is 0 Å². The first-order chi connectivity index (χ1) is 24.2. The minimum absolute atomic E-state index is 0.0184. The van der Waals surface area contributed by atoms with Gasteiger partial charge < -0.3 is 24.2 Å². The van der Waals surface area contributed by atoms with Crippen LogP contribution in [0.4, 0.5) is 0 Å². The Kier molecular flexibility index (Phi) is 8.10. The third-order valence-electron chi connectivity index (χ3n) is 17.2. The summed E-state index contributed by atoms with van der Waals surface area (Å²) < 4.78 is 46.6. The van der Waals surface area contributed by atoms with Crippen molar-refractivity contribution in [3.63, 3.8) is 0 Å². The van der Waals surface area contributed by atoms with Crippen LogP contribution >= 0.6 is 0 Å². The van der Waals surface area contributed by atoms with Gasteiger partial charge in [-0.2, -0.15) is 0 Å². The molecule has 1 amide bonds. The minimum atomic E-state index is -3.50. The van der Waals surface area contributed by atoms with E-state index in [1.165, 1.54) is 25.7 Å². The third kappa shape index (κ3) is 5.02. The Balaban J connectivity index is 0.923. The van der Waals surface area contributed by atoms with Crippen molar-refractivity contribution in [2.75, 3.05) is 25.4 Å². The van der Waals surface area contributed by atoms with Gasteiger partial charge >= 0.3 is 0 Å². The molecule has 6 saturated carbocycles. The second-order valence-electron chi connectivity index (χ2n) is 19.6. The number of aliphatic hydroxyl groups is 1. The van der Waals surface area contributed by atoms with E-state index in [2.05, 4.69) is 34.6 Å². The first kappa shape index (κ1) is 35.2.